The molecule has 0 spiro atoms. The van der Waals surface area contributed by atoms with Crippen molar-refractivity contribution in [2.75, 3.05) is 0 Å². The van der Waals surface area contributed by atoms with Crippen LogP contribution in [0.15, 0.2) is 11.8 Å². The molecule has 0 unspecified atom stereocenters. The zero-order valence-corrected chi connectivity index (χ0v) is 14.8. The quantitative estimate of drug-likeness (QED) is 0.274. The van der Waals surface area contributed by atoms with Crippen LogP contribution < -0.4 is 0 Å². The number of allylic oxidation sites excluding steroid dienone is 1. The van der Waals surface area contributed by atoms with E-state index >= 15 is 0 Å². The molecule has 0 heterocycles. The minimum absolute atomic E-state index is 0.375. The molecule has 0 bridgehead atoms. The van der Waals surface area contributed by atoms with Gasteiger partial charge in [0.25, 0.3) is 0 Å². The topological polar surface area (TPSA) is 17.1 Å². The van der Waals surface area contributed by atoms with Crippen LogP contribution in [0.4, 0.5) is 0 Å². The second-order valence-electron chi connectivity index (χ2n) is 5.65. The Bertz CT molecular complexity index is 236. The molecule has 2 radical (unpaired) electrons. The lowest BCUT2D eigenvalue weighted by molar-refractivity contribution is -0.111. The molecule has 0 aromatic rings. The Morgan fingerprint density at radius 1 is 0.800 bits per heavy atom. The Morgan fingerprint density at radius 3 is 1.80 bits per heavy atom. The fourth-order valence-electron chi connectivity index (χ4n) is 2.26. The molecule has 116 valence electrons. The lowest BCUT2D eigenvalue weighted by Crippen LogP contribution is -2.03. The minimum atomic E-state index is 0.375. The number of hydrogen-bond acceptors (Lipinski definition) is 1. The number of carbonyl (C=O) groups is 1. The van der Waals surface area contributed by atoms with E-state index in [9.17, 15) is 4.79 Å². The van der Waals surface area contributed by atoms with Crippen LogP contribution >= 0.6 is 0 Å². The molecule has 2 heteroatoms. The van der Waals surface area contributed by atoms with Crippen LogP contribution in [-0.2, 0) is 4.79 Å². The number of rotatable bonds is 15. The van der Waals surface area contributed by atoms with Gasteiger partial charge in [0.05, 0.1) is 0 Å². The molecule has 0 rings (SSSR count). The zero-order valence-electron chi connectivity index (χ0n) is 13.8. The molecule has 0 aromatic heterocycles. The predicted octanol–water partition coefficient (Wildman–Crippen LogP) is 5.84. The van der Waals surface area contributed by atoms with Crippen molar-refractivity contribution in [2.24, 2.45) is 0 Å². The van der Waals surface area contributed by atoms with E-state index in [2.05, 4.69) is 18.7 Å². The smallest absolute Gasteiger partial charge is 0.163 e. The van der Waals surface area contributed by atoms with Gasteiger partial charge in [-0.05, 0) is 19.3 Å². The van der Waals surface area contributed by atoms with Crippen molar-refractivity contribution in [1.82, 2.24) is 0 Å². The molecular formula is C18H34OSi. The highest BCUT2D eigenvalue weighted by Crippen LogP contribution is 2.11. The van der Waals surface area contributed by atoms with Gasteiger partial charge in [-0.3, -0.25) is 0 Å². The van der Waals surface area contributed by atoms with Gasteiger partial charge in [0, 0.05) is 0 Å². The Kier molecular flexibility index (Phi) is 16.4. The Labute approximate surface area is 129 Å². The normalized spacial score (nSPS) is 11.3. The number of carbonyl (C=O) groups excluding carboxylic acids is 1. The Morgan fingerprint density at radius 2 is 1.30 bits per heavy atom. The fraction of sp³-hybridized carbons (Fsp3) is 0.833. The fourth-order valence-corrected chi connectivity index (χ4v) is 2.94. The van der Waals surface area contributed by atoms with Crippen molar-refractivity contribution in [3.63, 3.8) is 0 Å². The molecule has 0 aliphatic heterocycles. The summed E-state index contributed by atoms with van der Waals surface area (Å²) in [5.74, 6) is 0. The lowest BCUT2D eigenvalue weighted by Gasteiger charge is -2.01. The average molecular weight is 295 g/mol. The van der Waals surface area contributed by atoms with E-state index in [4.69, 9.17) is 0 Å². The van der Waals surface area contributed by atoms with Gasteiger partial charge >= 0.3 is 0 Å². The average Bonchev–Trinajstić information content (AvgIpc) is 2.47. The molecule has 0 aliphatic rings. The Hall–Kier alpha value is -0.373. The van der Waals surface area contributed by atoms with Crippen molar-refractivity contribution >= 4 is 14.9 Å². The maximum Gasteiger partial charge on any atom is 0.163 e. The van der Waals surface area contributed by atoms with E-state index in [1.54, 1.807) is 0 Å². The standard InChI is InChI=1S/C18H34OSi/c1-3-5-6-7-8-9-10-11-12-13-14-15-16-17-20-18(19)4-2/h16-17H,3-15H2,1-2H3/b17-16+. The molecule has 0 fully saturated rings. The Balaban J connectivity index is 3.08. The summed E-state index contributed by atoms with van der Waals surface area (Å²) in [4.78, 5) is 11.1. The van der Waals surface area contributed by atoms with Gasteiger partial charge in [0.1, 0.15) is 5.41 Å². The van der Waals surface area contributed by atoms with E-state index in [-0.39, 0.29) is 0 Å². The summed E-state index contributed by atoms with van der Waals surface area (Å²) >= 11 is 0. The van der Waals surface area contributed by atoms with Crippen LogP contribution in [0.2, 0.25) is 0 Å². The highest BCUT2D eigenvalue weighted by molar-refractivity contribution is 6.77. The molecule has 0 aromatic carbocycles. The summed E-state index contributed by atoms with van der Waals surface area (Å²) in [6, 6.07) is 0. The zero-order chi connectivity index (χ0) is 14.9. The van der Waals surface area contributed by atoms with Crippen LogP contribution in [-0.4, -0.2) is 14.9 Å². The minimum Gasteiger partial charge on any atom is -0.306 e. The molecule has 0 N–H and O–H groups in total. The van der Waals surface area contributed by atoms with Gasteiger partial charge in [-0.25, -0.2) is 0 Å². The van der Waals surface area contributed by atoms with E-state index in [1.165, 1.54) is 70.6 Å². The first-order valence-corrected chi connectivity index (χ1v) is 9.83. The van der Waals surface area contributed by atoms with E-state index < -0.39 is 0 Å². The maximum absolute atomic E-state index is 11.1. The molecule has 1 nitrogen and oxygen atoms in total. The van der Waals surface area contributed by atoms with Crippen LogP contribution in [0.25, 0.3) is 0 Å². The lowest BCUT2D eigenvalue weighted by atomic mass is 10.1. The summed E-state index contributed by atoms with van der Waals surface area (Å²) in [6.45, 7) is 4.21. The SMILES string of the molecule is CCCCCCCCCCCCC/C=C/[Si]C(=O)CC. The van der Waals surface area contributed by atoms with Crippen LogP contribution in [0.5, 0.6) is 0 Å². The van der Waals surface area contributed by atoms with Crippen LogP contribution in [0.1, 0.15) is 97.3 Å². The summed E-state index contributed by atoms with van der Waals surface area (Å²) < 4.78 is 0. The van der Waals surface area contributed by atoms with Gasteiger partial charge < -0.3 is 4.79 Å². The molecule has 0 saturated carbocycles. The third kappa shape index (κ3) is 15.7. The predicted molar refractivity (Wildman–Crippen MR) is 91.3 cm³/mol. The first-order chi connectivity index (χ1) is 9.81. The molecule has 0 amide bonds. The molecular weight excluding hydrogens is 260 g/mol. The summed E-state index contributed by atoms with van der Waals surface area (Å²) in [6.07, 6.45) is 19.4. The third-order valence-electron chi connectivity index (χ3n) is 3.66. The van der Waals surface area contributed by atoms with Crippen molar-refractivity contribution in [1.29, 1.82) is 0 Å². The second-order valence-corrected chi connectivity index (χ2v) is 6.83. The monoisotopic (exact) mass is 294 g/mol. The van der Waals surface area contributed by atoms with Crippen LogP contribution in [0, 0.1) is 0 Å². The molecule has 0 aliphatic carbocycles. The maximum atomic E-state index is 11.1. The van der Waals surface area contributed by atoms with Crippen LogP contribution in [0.3, 0.4) is 0 Å². The van der Waals surface area contributed by atoms with E-state index in [1.807, 2.05) is 6.92 Å². The van der Waals surface area contributed by atoms with Gasteiger partial charge in [0.15, 0.2) is 9.52 Å². The molecule has 0 atom stereocenters. The number of hydrogen-bond donors (Lipinski definition) is 0. The van der Waals surface area contributed by atoms with E-state index in [0.29, 0.717) is 21.3 Å². The molecule has 0 saturated heterocycles. The highest BCUT2D eigenvalue weighted by Gasteiger charge is 1.94. The largest absolute Gasteiger partial charge is 0.306 e. The second kappa shape index (κ2) is 16.7. The summed E-state index contributed by atoms with van der Waals surface area (Å²) in [5.41, 5.74) is 2.07. The first kappa shape index (κ1) is 19.6. The summed E-state index contributed by atoms with van der Waals surface area (Å²) in [5, 5.41) is 0.375. The van der Waals surface area contributed by atoms with Gasteiger partial charge in [-0.2, -0.15) is 0 Å². The van der Waals surface area contributed by atoms with Crippen molar-refractivity contribution in [3.05, 3.63) is 11.8 Å². The van der Waals surface area contributed by atoms with Gasteiger partial charge in [0.2, 0.25) is 0 Å². The van der Waals surface area contributed by atoms with Crippen molar-refractivity contribution in [2.45, 2.75) is 97.3 Å². The van der Waals surface area contributed by atoms with Gasteiger partial charge in [-0.1, -0.05) is 89.8 Å². The van der Waals surface area contributed by atoms with Crippen molar-refractivity contribution < 1.29 is 4.79 Å². The van der Waals surface area contributed by atoms with Gasteiger partial charge in [-0.15, -0.1) is 0 Å². The molecule has 20 heavy (non-hydrogen) atoms. The van der Waals surface area contributed by atoms with Crippen molar-refractivity contribution in [3.8, 4) is 0 Å². The summed E-state index contributed by atoms with van der Waals surface area (Å²) in [7, 11) is 0.398. The third-order valence-corrected chi connectivity index (χ3v) is 4.74. The first-order valence-electron chi connectivity index (χ1n) is 8.75. The van der Waals surface area contributed by atoms with E-state index in [0.717, 1.165) is 6.42 Å². The highest BCUT2D eigenvalue weighted by atomic mass is 28.2. The number of unbranched alkanes of at least 4 members (excludes halogenated alkanes) is 11.